The van der Waals surface area contributed by atoms with Crippen molar-refractivity contribution < 1.29 is 13.2 Å². The fourth-order valence-electron chi connectivity index (χ4n) is 3.22. The van der Waals surface area contributed by atoms with Gasteiger partial charge in [-0.25, -0.2) is 13.4 Å². The average molecular weight is 405 g/mol. The van der Waals surface area contributed by atoms with Crippen molar-refractivity contribution in [1.82, 2.24) is 10.3 Å². The number of nitrogens with zero attached hydrogens (tertiary/aromatic N) is 1. The highest BCUT2D eigenvalue weighted by atomic mass is 32.2. The first-order valence-corrected chi connectivity index (χ1v) is 11.8. The number of hydrogen-bond donors (Lipinski definition) is 1. The molecule has 1 fully saturated rings. The van der Waals surface area contributed by atoms with Crippen LogP contribution in [0.2, 0.25) is 0 Å². The number of aromatic nitrogens is 1. The third-order valence-electron chi connectivity index (χ3n) is 4.73. The number of sulfone groups is 1. The molecule has 5 nitrogen and oxygen atoms in total. The summed E-state index contributed by atoms with van der Waals surface area (Å²) in [6.07, 6.45) is 6.45. The third kappa shape index (κ3) is 5.56. The zero-order valence-corrected chi connectivity index (χ0v) is 16.8. The molecule has 2 aromatic rings. The van der Waals surface area contributed by atoms with E-state index in [2.05, 4.69) is 10.3 Å². The van der Waals surface area contributed by atoms with Crippen LogP contribution in [0.5, 0.6) is 0 Å². The SMILES string of the molecule is O=C(NCC1CCCC1)c1cccnc1SCCS(=O)(=O)c1ccccc1. The summed E-state index contributed by atoms with van der Waals surface area (Å²) in [4.78, 5) is 17.1. The Morgan fingerprint density at radius 3 is 2.59 bits per heavy atom. The molecule has 144 valence electrons. The highest BCUT2D eigenvalue weighted by molar-refractivity contribution is 8.00. The van der Waals surface area contributed by atoms with Gasteiger partial charge in [0.1, 0.15) is 5.03 Å². The van der Waals surface area contributed by atoms with E-state index in [4.69, 9.17) is 0 Å². The summed E-state index contributed by atoms with van der Waals surface area (Å²) in [5, 5.41) is 3.58. The predicted octanol–water partition coefficient (Wildman–Crippen LogP) is 3.57. The van der Waals surface area contributed by atoms with Crippen LogP contribution in [0.4, 0.5) is 0 Å². The van der Waals surface area contributed by atoms with Crippen molar-refractivity contribution in [3.63, 3.8) is 0 Å². The molecule has 1 amide bonds. The fraction of sp³-hybridized carbons (Fsp3) is 0.400. The van der Waals surface area contributed by atoms with Gasteiger partial charge in [-0.3, -0.25) is 4.79 Å². The van der Waals surface area contributed by atoms with Crippen molar-refractivity contribution >= 4 is 27.5 Å². The van der Waals surface area contributed by atoms with Gasteiger partial charge in [0.15, 0.2) is 9.84 Å². The van der Waals surface area contributed by atoms with Crippen LogP contribution >= 0.6 is 11.8 Å². The quantitative estimate of drug-likeness (QED) is 0.681. The number of carbonyl (C=O) groups excluding carboxylic acids is 1. The van der Waals surface area contributed by atoms with Crippen LogP contribution in [0.1, 0.15) is 36.0 Å². The molecule has 1 aliphatic rings. The minimum atomic E-state index is -3.33. The number of hydrogen-bond acceptors (Lipinski definition) is 5. The zero-order valence-electron chi connectivity index (χ0n) is 15.1. The van der Waals surface area contributed by atoms with Crippen molar-refractivity contribution in [3.05, 3.63) is 54.2 Å². The van der Waals surface area contributed by atoms with Crippen molar-refractivity contribution in [2.45, 2.75) is 35.6 Å². The van der Waals surface area contributed by atoms with E-state index in [1.807, 2.05) is 0 Å². The van der Waals surface area contributed by atoms with E-state index < -0.39 is 9.84 Å². The molecule has 0 unspecified atom stereocenters. The molecule has 27 heavy (non-hydrogen) atoms. The summed E-state index contributed by atoms with van der Waals surface area (Å²) >= 11 is 1.30. The number of benzene rings is 1. The number of nitrogens with one attached hydrogen (secondary N) is 1. The van der Waals surface area contributed by atoms with Crippen LogP contribution in [0, 0.1) is 5.92 Å². The third-order valence-corrected chi connectivity index (χ3v) is 7.73. The minimum absolute atomic E-state index is 0.00138. The highest BCUT2D eigenvalue weighted by Crippen LogP contribution is 2.25. The summed E-state index contributed by atoms with van der Waals surface area (Å²) in [5.41, 5.74) is 0.512. The smallest absolute Gasteiger partial charge is 0.254 e. The van der Waals surface area contributed by atoms with Gasteiger partial charge in [-0.05, 0) is 43.0 Å². The van der Waals surface area contributed by atoms with Crippen molar-refractivity contribution in [3.8, 4) is 0 Å². The highest BCUT2D eigenvalue weighted by Gasteiger charge is 2.19. The van der Waals surface area contributed by atoms with Gasteiger partial charge in [-0.2, -0.15) is 0 Å². The molecule has 1 saturated carbocycles. The van der Waals surface area contributed by atoms with E-state index in [0.29, 0.717) is 33.7 Å². The standard InChI is InChI=1S/C20H24N2O3S2/c23-19(22-15-16-7-4-5-8-16)18-11-6-12-21-20(18)26-13-14-27(24,25)17-9-2-1-3-10-17/h1-3,6,9-12,16H,4-5,7-8,13-15H2,(H,22,23). The van der Waals surface area contributed by atoms with E-state index >= 15 is 0 Å². The number of amides is 1. The summed E-state index contributed by atoms with van der Waals surface area (Å²) in [5.74, 6) is 0.777. The number of rotatable bonds is 8. The van der Waals surface area contributed by atoms with Crippen molar-refractivity contribution in [2.75, 3.05) is 18.1 Å². The average Bonchev–Trinajstić information content (AvgIpc) is 3.21. The second-order valence-corrected chi connectivity index (χ2v) is 9.89. The van der Waals surface area contributed by atoms with Crippen molar-refractivity contribution in [1.29, 1.82) is 0 Å². The van der Waals surface area contributed by atoms with Crippen LogP contribution in [0.3, 0.4) is 0 Å². The molecule has 0 aliphatic heterocycles. The van der Waals surface area contributed by atoms with Crippen LogP contribution in [0.15, 0.2) is 58.6 Å². The Hall–Kier alpha value is -1.86. The molecule has 0 spiro atoms. The Morgan fingerprint density at radius 1 is 1.11 bits per heavy atom. The number of thioether (sulfide) groups is 1. The molecule has 7 heteroatoms. The first-order valence-electron chi connectivity index (χ1n) is 9.20. The Kier molecular flexibility index (Phi) is 6.90. The van der Waals surface area contributed by atoms with Gasteiger partial charge in [-0.1, -0.05) is 31.0 Å². The molecule has 0 saturated heterocycles. The molecule has 1 aromatic carbocycles. The largest absolute Gasteiger partial charge is 0.352 e. The van der Waals surface area contributed by atoms with Gasteiger partial charge >= 0.3 is 0 Å². The Morgan fingerprint density at radius 2 is 1.85 bits per heavy atom. The van der Waals surface area contributed by atoms with Crippen LogP contribution in [-0.4, -0.2) is 37.4 Å². The molecule has 0 atom stereocenters. The molecular formula is C20H24N2O3S2. The second-order valence-electron chi connectivity index (χ2n) is 6.70. The first-order chi connectivity index (χ1) is 13.1. The maximum Gasteiger partial charge on any atom is 0.254 e. The van der Waals surface area contributed by atoms with E-state index in [1.165, 1.54) is 37.4 Å². The topological polar surface area (TPSA) is 76.1 Å². The van der Waals surface area contributed by atoms with E-state index in [1.54, 1.807) is 48.7 Å². The van der Waals surface area contributed by atoms with Crippen LogP contribution < -0.4 is 5.32 Å². The van der Waals surface area contributed by atoms with E-state index in [0.717, 1.165) is 0 Å². The molecule has 0 bridgehead atoms. The lowest BCUT2D eigenvalue weighted by Gasteiger charge is -2.12. The second kappa shape index (κ2) is 9.37. The lowest BCUT2D eigenvalue weighted by molar-refractivity contribution is 0.0943. The zero-order chi connectivity index (χ0) is 19.1. The Bertz CT molecular complexity index is 864. The van der Waals surface area contributed by atoms with E-state index in [9.17, 15) is 13.2 Å². The molecule has 1 N–H and O–H groups in total. The summed E-state index contributed by atoms with van der Waals surface area (Å²) < 4.78 is 24.8. The molecule has 1 aromatic heterocycles. The molecule has 1 heterocycles. The Labute approximate surface area is 164 Å². The normalized spacial score (nSPS) is 15.0. The maximum atomic E-state index is 12.5. The first kappa shape index (κ1) is 19.9. The number of carbonyl (C=O) groups is 1. The lowest BCUT2D eigenvalue weighted by atomic mass is 10.1. The van der Waals surface area contributed by atoms with Crippen LogP contribution in [-0.2, 0) is 9.84 Å². The summed E-state index contributed by atoms with van der Waals surface area (Å²) in [6, 6.07) is 11.9. The summed E-state index contributed by atoms with van der Waals surface area (Å²) in [7, 11) is -3.33. The maximum absolute atomic E-state index is 12.5. The van der Waals surface area contributed by atoms with Gasteiger partial charge in [0, 0.05) is 18.5 Å². The molecule has 3 rings (SSSR count). The monoisotopic (exact) mass is 404 g/mol. The summed E-state index contributed by atoms with van der Waals surface area (Å²) in [6.45, 7) is 0.695. The minimum Gasteiger partial charge on any atom is -0.352 e. The molecule has 1 aliphatic carbocycles. The van der Waals surface area contributed by atoms with Gasteiger partial charge in [-0.15, -0.1) is 11.8 Å². The molecular weight excluding hydrogens is 380 g/mol. The fourth-order valence-corrected chi connectivity index (χ4v) is 5.88. The van der Waals surface area contributed by atoms with Gasteiger partial charge in [0.25, 0.3) is 5.91 Å². The molecule has 0 radical (unpaired) electrons. The van der Waals surface area contributed by atoms with Gasteiger partial charge in [0.2, 0.25) is 0 Å². The van der Waals surface area contributed by atoms with E-state index in [-0.39, 0.29) is 11.7 Å². The van der Waals surface area contributed by atoms with Crippen LogP contribution in [0.25, 0.3) is 0 Å². The number of pyridine rings is 1. The predicted molar refractivity (Wildman–Crippen MR) is 108 cm³/mol. The van der Waals surface area contributed by atoms with Crippen molar-refractivity contribution in [2.24, 2.45) is 5.92 Å². The Balaban J connectivity index is 1.58. The van der Waals surface area contributed by atoms with Gasteiger partial charge < -0.3 is 5.32 Å². The lowest BCUT2D eigenvalue weighted by Crippen LogP contribution is -2.29. The van der Waals surface area contributed by atoms with Gasteiger partial charge in [0.05, 0.1) is 16.2 Å².